The number of halogens is 2. The molecule has 9 heteroatoms. The van der Waals surface area contributed by atoms with E-state index in [2.05, 4.69) is 31.4 Å². The van der Waals surface area contributed by atoms with Gasteiger partial charge in [-0.2, -0.15) is 5.10 Å². The van der Waals surface area contributed by atoms with Crippen molar-refractivity contribution in [2.75, 3.05) is 13.2 Å². The molecule has 0 atom stereocenters. The van der Waals surface area contributed by atoms with E-state index in [4.69, 9.17) is 14.2 Å². The van der Waals surface area contributed by atoms with Gasteiger partial charge in [0.2, 0.25) is 6.29 Å². The molecule has 0 radical (unpaired) electrons. The number of carbonyl (C=O) groups is 1. The number of carbonyl (C=O) groups excluding carboxylic acids is 1. The molecule has 0 saturated carbocycles. The van der Waals surface area contributed by atoms with Crippen LogP contribution in [-0.4, -0.2) is 41.9 Å². The Hall–Kier alpha value is -1.58. The summed E-state index contributed by atoms with van der Waals surface area (Å²) in [6, 6.07) is 1.43. The third kappa shape index (κ3) is 7.45. The van der Waals surface area contributed by atoms with Gasteiger partial charge in [0.15, 0.2) is 5.82 Å². The minimum Gasteiger partial charge on any atom is -0.443 e. The Labute approximate surface area is 155 Å². The molecule has 0 aliphatic rings. The quantitative estimate of drug-likeness (QED) is 0.316. The van der Waals surface area contributed by atoms with Crippen molar-refractivity contribution in [3.05, 3.63) is 28.2 Å². The van der Waals surface area contributed by atoms with Gasteiger partial charge in [-0.3, -0.25) is 0 Å². The van der Waals surface area contributed by atoms with Crippen molar-refractivity contribution >= 4 is 27.7 Å². The van der Waals surface area contributed by atoms with Gasteiger partial charge in [0, 0.05) is 18.8 Å². The van der Waals surface area contributed by atoms with Gasteiger partial charge in [0.05, 0.1) is 6.20 Å². The third-order valence-electron chi connectivity index (χ3n) is 2.62. The van der Waals surface area contributed by atoms with Crippen molar-refractivity contribution in [2.45, 2.75) is 46.5 Å². The third-order valence-corrected chi connectivity index (χ3v) is 3.06. The van der Waals surface area contributed by atoms with Crippen LogP contribution in [0.25, 0.3) is 0 Å². The molecule has 1 aromatic rings. The number of hydrogen-bond donors (Lipinski definition) is 1. The number of nitrogens with one attached hydrogen (secondary N) is 1. The van der Waals surface area contributed by atoms with E-state index in [1.165, 1.54) is 6.07 Å². The Morgan fingerprint density at radius 1 is 1.36 bits per heavy atom. The predicted octanol–water partition coefficient (Wildman–Crippen LogP) is 3.61. The van der Waals surface area contributed by atoms with Gasteiger partial charge in [-0.05, 0) is 56.6 Å². The smallest absolute Gasteiger partial charge is 0.428 e. The molecule has 1 N–H and O–H groups in total. The number of amides is 1. The van der Waals surface area contributed by atoms with E-state index >= 15 is 0 Å². The predicted molar refractivity (Wildman–Crippen MR) is 94.8 cm³/mol. The Morgan fingerprint density at radius 3 is 2.48 bits per heavy atom. The number of ether oxygens (including phenoxy) is 3. The fourth-order valence-electron chi connectivity index (χ4n) is 1.76. The van der Waals surface area contributed by atoms with Crippen LogP contribution in [0.2, 0.25) is 0 Å². The molecule has 0 unspecified atom stereocenters. The summed E-state index contributed by atoms with van der Waals surface area (Å²) in [6.07, 6.45) is -0.698. The molecular weight excluding hydrogens is 397 g/mol. The zero-order chi connectivity index (χ0) is 19.0. The van der Waals surface area contributed by atoms with Gasteiger partial charge in [-0.1, -0.05) is 0 Å². The molecule has 0 spiro atoms. The minimum absolute atomic E-state index is 0.0650. The molecule has 0 bridgehead atoms. The molecule has 140 valence electrons. The van der Waals surface area contributed by atoms with Crippen LogP contribution in [0.4, 0.5) is 9.18 Å². The first-order valence-corrected chi connectivity index (χ1v) is 8.58. The van der Waals surface area contributed by atoms with Crippen molar-refractivity contribution in [3.8, 4) is 0 Å². The van der Waals surface area contributed by atoms with E-state index in [9.17, 15) is 9.18 Å². The second kappa shape index (κ2) is 9.79. The second-order valence-corrected chi connectivity index (χ2v) is 6.65. The average Bonchev–Trinajstić information content (AvgIpc) is 2.49. The standard InChI is InChI=1S/C16H23BrFN3O4/c1-6-23-14(24-7-2)13(10-8-12(17)19-9-11(10)18)20-21-15(22)25-16(3,4)5/h8-9,14H,6-7H2,1-5H3,(H,21,22)/b20-13-. The van der Waals surface area contributed by atoms with Crippen molar-refractivity contribution < 1.29 is 23.4 Å². The molecule has 7 nitrogen and oxygen atoms in total. The van der Waals surface area contributed by atoms with E-state index in [0.717, 1.165) is 6.20 Å². The number of nitrogens with zero attached hydrogens (tertiary/aromatic N) is 2. The highest BCUT2D eigenvalue weighted by atomic mass is 79.9. The molecule has 0 aliphatic carbocycles. The summed E-state index contributed by atoms with van der Waals surface area (Å²) in [4.78, 5) is 15.7. The summed E-state index contributed by atoms with van der Waals surface area (Å²) in [5.41, 5.74) is 1.71. The lowest BCUT2D eigenvalue weighted by Gasteiger charge is -2.21. The topological polar surface area (TPSA) is 82.0 Å². The normalized spacial score (nSPS) is 12.4. The van der Waals surface area contributed by atoms with Gasteiger partial charge in [0.25, 0.3) is 0 Å². The summed E-state index contributed by atoms with van der Waals surface area (Å²) in [7, 11) is 0. The van der Waals surface area contributed by atoms with Gasteiger partial charge < -0.3 is 14.2 Å². The van der Waals surface area contributed by atoms with Crippen molar-refractivity contribution in [2.24, 2.45) is 5.10 Å². The zero-order valence-electron chi connectivity index (χ0n) is 14.9. The zero-order valence-corrected chi connectivity index (χ0v) is 16.5. The summed E-state index contributed by atoms with van der Waals surface area (Å²) in [5, 5.41) is 3.97. The Balaban J connectivity index is 3.20. The maximum Gasteiger partial charge on any atom is 0.428 e. The number of rotatable bonds is 7. The lowest BCUT2D eigenvalue weighted by atomic mass is 10.1. The monoisotopic (exact) mass is 419 g/mol. The lowest BCUT2D eigenvalue weighted by Crippen LogP contribution is -2.34. The summed E-state index contributed by atoms with van der Waals surface area (Å²) in [5.74, 6) is -0.627. The highest BCUT2D eigenvalue weighted by molar-refractivity contribution is 9.10. The van der Waals surface area contributed by atoms with E-state index in [0.29, 0.717) is 17.8 Å². The molecule has 1 rings (SSSR count). The summed E-state index contributed by atoms with van der Waals surface area (Å²) >= 11 is 3.19. The molecule has 0 aromatic carbocycles. The molecule has 0 fully saturated rings. The first-order chi connectivity index (χ1) is 11.7. The maximum atomic E-state index is 14.2. The van der Waals surface area contributed by atoms with Crippen molar-refractivity contribution in [3.63, 3.8) is 0 Å². The fraction of sp³-hybridized carbons (Fsp3) is 0.562. The highest BCUT2D eigenvalue weighted by Crippen LogP contribution is 2.17. The van der Waals surface area contributed by atoms with Crippen molar-refractivity contribution in [1.29, 1.82) is 0 Å². The Morgan fingerprint density at radius 2 is 1.96 bits per heavy atom. The SMILES string of the molecule is CCOC(OCC)/C(=N\NC(=O)OC(C)(C)C)c1cc(Br)ncc1F. The van der Waals surface area contributed by atoms with E-state index in [1.807, 2.05) is 0 Å². The highest BCUT2D eigenvalue weighted by Gasteiger charge is 2.24. The first kappa shape index (κ1) is 21.5. The molecule has 1 aromatic heterocycles. The molecule has 1 heterocycles. The molecule has 0 aliphatic heterocycles. The van der Waals surface area contributed by atoms with Crippen LogP contribution in [0.5, 0.6) is 0 Å². The molecule has 0 saturated heterocycles. The van der Waals surface area contributed by atoms with Crippen LogP contribution in [0.3, 0.4) is 0 Å². The fourth-order valence-corrected chi connectivity index (χ4v) is 2.10. The van der Waals surface area contributed by atoms with Crippen LogP contribution in [0.15, 0.2) is 22.0 Å². The summed E-state index contributed by atoms with van der Waals surface area (Å²) < 4.78 is 30.7. The van der Waals surface area contributed by atoms with Crippen LogP contribution in [-0.2, 0) is 14.2 Å². The molecule has 1 amide bonds. The van der Waals surface area contributed by atoms with Crippen LogP contribution >= 0.6 is 15.9 Å². The maximum absolute atomic E-state index is 14.2. The lowest BCUT2D eigenvalue weighted by molar-refractivity contribution is -0.0898. The number of hydrazone groups is 1. The first-order valence-electron chi connectivity index (χ1n) is 7.79. The summed E-state index contributed by atoms with van der Waals surface area (Å²) in [6.45, 7) is 9.32. The number of aromatic nitrogens is 1. The number of pyridine rings is 1. The Kier molecular flexibility index (Phi) is 8.40. The molecule has 25 heavy (non-hydrogen) atoms. The van der Waals surface area contributed by atoms with Gasteiger partial charge in [-0.25, -0.2) is 19.6 Å². The van der Waals surface area contributed by atoms with Crippen molar-refractivity contribution in [1.82, 2.24) is 10.4 Å². The number of hydrogen-bond acceptors (Lipinski definition) is 6. The van der Waals surface area contributed by atoms with Crippen LogP contribution < -0.4 is 5.43 Å². The van der Waals surface area contributed by atoms with Crippen LogP contribution in [0.1, 0.15) is 40.2 Å². The Bertz CT molecular complexity index is 614. The average molecular weight is 420 g/mol. The van der Waals surface area contributed by atoms with Gasteiger partial charge in [0.1, 0.15) is 15.9 Å². The van der Waals surface area contributed by atoms with E-state index in [1.54, 1.807) is 34.6 Å². The van der Waals surface area contributed by atoms with Crippen LogP contribution in [0, 0.1) is 5.82 Å². The minimum atomic E-state index is -0.964. The largest absolute Gasteiger partial charge is 0.443 e. The van der Waals surface area contributed by atoms with E-state index < -0.39 is 23.8 Å². The molecular formula is C16H23BrFN3O4. The van der Waals surface area contributed by atoms with Gasteiger partial charge >= 0.3 is 6.09 Å². The van der Waals surface area contributed by atoms with Gasteiger partial charge in [-0.15, -0.1) is 0 Å². The second-order valence-electron chi connectivity index (χ2n) is 5.84. The van der Waals surface area contributed by atoms with E-state index in [-0.39, 0.29) is 11.3 Å².